The minimum Gasteiger partial charge on any atom is -0.383 e. The van der Waals surface area contributed by atoms with Crippen molar-refractivity contribution in [2.75, 3.05) is 31.2 Å². The van der Waals surface area contributed by atoms with Crippen LogP contribution < -0.4 is 15.4 Å². The van der Waals surface area contributed by atoms with Gasteiger partial charge >= 0.3 is 0 Å². The molecular formula is C12H20N4O3S. The van der Waals surface area contributed by atoms with Crippen LogP contribution in [0.5, 0.6) is 0 Å². The van der Waals surface area contributed by atoms with E-state index in [1.165, 1.54) is 13.2 Å². The number of hydrogen-bond donors (Lipinski definition) is 3. The number of hydrogen-bond acceptors (Lipinski definition) is 5. The van der Waals surface area contributed by atoms with Crippen LogP contribution in [-0.2, 0) is 10.0 Å². The van der Waals surface area contributed by atoms with E-state index in [-0.39, 0.29) is 18.2 Å². The first-order chi connectivity index (χ1) is 9.50. The molecule has 0 radical (unpaired) electrons. The van der Waals surface area contributed by atoms with Crippen molar-refractivity contribution in [1.29, 1.82) is 0 Å². The summed E-state index contributed by atoms with van der Waals surface area (Å²) in [5.41, 5.74) is 1.10. The summed E-state index contributed by atoms with van der Waals surface area (Å²) in [6.45, 7) is 2.81. The fourth-order valence-electron chi connectivity index (χ4n) is 1.49. The molecule has 0 saturated carbocycles. The predicted molar refractivity (Wildman–Crippen MR) is 78.2 cm³/mol. The Hall–Kier alpha value is -1.67. The lowest BCUT2D eigenvalue weighted by molar-refractivity contribution is 0.0957. The molecule has 0 aliphatic heterocycles. The van der Waals surface area contributed by atoms with Gasteiger partial charge in [0.25, 0.3) is 5.91 Å². The van der Waals surface area contributed by atoms with E-state index in [0.29, 0.717) is 11.3 Å². The van der Waals surface area contributed by atoms with Gasteiger partial charge in [0.2, 0.25) is 10.0 Å². The molecule has 0 fully saturated rings. The van der Waals surface area contributed by atoms with Gasteiger partial charge in [-0.15, -0.1) is 0 Å². The number of carbonyl (C=O) groups is 1. The monoisotopic (exact) mass is 300 g/mol. The lowest BCUT2D eigenvalue weighted by Crippen LogP contribution is -2.33. The van der Waals surface area contributed by atoms with E-state index in [0.717, 1.165) is 13.0 Å². The Bertz CT molecular complexity index is 545. The van der Waals surface area contributed by atoms with Crippen molar-refractivity contribution in [2.24, 2.45) is 0 Å². The van der Waals surface area contributed by atoms with Crippen LogP contribution >= 0.6 is 0 Å². The molecule has 1 rings (SSSR count). The molecule has 1 aromatic heterocycles. The summed E-state index contributed by atoms with van der Waals surface area (Å²) < 4.78 is 24.7. The molecule has 0 bridgehead atoms. The first-order valence-corrected chi connectivity index (χ1v) is 8.02. The smallest absolute Gasteiger partial charge is 0.253 e. The van der Waals surface area contributed by atoms with E-state index in [2.05, 4.69) is 20.3 Å². The van der Waals surface area contributed by atoms with Crippen molar-refractivity contribution >= 4 is 21.6 Å². The van der Waals surface area contributed by atoms with E-state index in [9.17, 15) is 13.2 Å². The fourth-order valence-corrected chi connectivity index (χ4v) is 2.06. The van der Waals surface area contributed by atoms with E-state index in [4.69, 9.17) is 0 Å². The Morgan fingerprint density at radius 2 is 2.10 bits per heavy atom. The molecule has 0 atom stereocenters. The fraction of sp³-hybridized carbons (Fsp3) is 0.500. The van der Waals surface area contributed by atoms with Crippen molar-refractivity contribution in [3.05, 3.63) is 24.0 Å². The highest BCUT2D eigenvalue weighted by atomic mass is 32.2. The van der Waals surface area contributed by atoms with Gasteiger partial charge in [0, 0.05) is 19.3 Å². The van der Waals surface area contributed by atoms with Crippen molar-refractivity contribution in [3.63, 3.8) is 0 Å². The molecule has 0 aliphatic rings. The van der Waals surface area contributed by atoms with Gasteiger partial charge in [0.1, 0.15) is 0 Å². The van der Waals surface area contributed by atoms with Gasteiger partial charge in [-0.3, -0.25) is 9.78 Å². The van der Waals surface area contributed by atoms with Gasteiger partial charge in [-0.2, -0.15) is 0 Å². The van der Waals surface area contributed by atoms with Crippen LogP contribution in [0.2, 0.25) is 0 Å². The summed E-state index contributed by atoms with van der Waals surface area (Å²) in [4.78, 5) is 16.0. The number of amides is 1. The zero-order valence-corrected chi connectivity index (χ0v) is 12.5. The number of rotatable bonds is 8. The van der Waals surface area contributed by atoms with Crippen LogP contribution in [0.4, 0.5) is 5.69 Å². The second-order valence-corrected chi connectivity index (χ2v) is 6.17. The molecule has 0 saturated heterocycles. The Morgan fingerprint density at radius 3 is 2.75 bits per heavy atom. The number of nitrogens with zero attached hydrogens (tertiary/aromatic N) is 1. The van der Waals surface area contributed by atoms with Crippen molar-refractivity contribution in [2.45, 2.75) is 13.3 Å². The van der Waals surface area contributed by atoms with Gasteiger partial charge in [-0.1, -0.05) is 6.92 Å². The third-order valence-electron chi connectivity index (χ3n) is 2.60. The van der Waals surface area contributed by atoms with Crippen molar-refractivity contribution < 1.29 is 13.2 Å². The highest BCUT2D eigenvalue weighted by molar-refractivity contribution is 7.89. The predicted octanol–water partition coefficient (Wildman–Crippen LogP) is 0.183. The Labute approximate surface area is 119 Å². The van der Waals surface area contributed by atoms with E-state index in [1.807, 2.05) is 6.92 Å². The summed E-state index contributed by atoms with van der Waals surface area (Å²) in [5, 5.41) is 5.69. The maximum Gasteiger partial charge on any atom is 0.253 e. The summed E-state index contributed by atoms with van der Waals surface area (Å²) in [6.07, 6.45) is 4.03. The van der Waals surface area contributed by atoms with Crippen LogP contribution in [0.3, 0.4) is 0 Å². The topological polar surface area (TPSA) is 100 Å². The van der Waals surface area contributed by atoms with E-state index >= 15 is 0 Å². The minimum atomic E-state index is -3.31. The SMILES string of the molecule is CCCNc1cnccc1C(=O)NCCS(=O)(=O)NC. The molecule has 0 aromatic carbocycles. The van der Waals surface area contributed by atoms with Gasteiger partial charge < -0.3 is 10.6 Å². The Morgan fingerprint density at radius 1 is 1.35 bits per heavy atom. The largest absolute Gasteiger partial charge is 0.383 e. The lowest BCUT2D eigenvalue weighted by Gasteiger charge is -2.11. The first kappa shape index (κ1) is 16.4. The number of pyridine rings is 1. The number of anilines is 1. The van der Waals surface area contributed by atoms with Gasteiger partial charge in [0.05, 0.1) is 23.2 Å². The van der Waals surface area contributed by atoms with E-state index in [1.54, 1.807) is 12.3 Å². The number of sulfonamides is 1. The molecule has 0 aliphatic carbocycles. The van der Waals surface area contributed by atoms with Crippen LogP contribution in [-0.4, -0.2) is 45.2 Å². The molecule has 1 aromatic rings. The third kappa shape index (κ3) is 5.14. The number of aromatic nitrogens is 1. The highest BCUT2D eigenvalue weighted by Gasteiger charge is 2.12. The summed E-state index contributed by atoms with van der Waals surface area (Å²) >= 11 is 0. The first-order valence-electron chi connectivity index (χ1n) is 6.37. The molecule has 8 heteroatoms. The molecule has 112 valence electrons. The molecule has 0 spiro atoms. The average molecular weight is 300 g/mol. The molecule has 1 heterocycles. The molecule has 7 nitrogen and oxygen atoms in total. The van der Waals surface area contributed by atoms with Crippen LogP contribution in [0.15, 0.2) is 18.5 Å². The Balaban J connectivity index is 2.63. The normalized spacial score (nSPS) is 11.1. The maximum atomic E-state index is 12.0. The highest BCUT2D eigenvalue weighted by Crippen LogP contribution is 2.12. The minimum absolute atomic E-state index is 0.0531. The molecular weight excluding hydrogens is 280 g/mol. The molecule has 3 N–H and O–H groups in total. The maximum absolute atomic E-state index is 12.0. The molecule has 20 heavy (non-hydrogen) atoms. The molecule has 0 unspecified atom stereocenters. The van der Waals surface area contributed by atoms with Crippen molar-refractivity contribution in [1.82, 2.24) is 15.0 Å². The van der Waals surface area contributed by atoms with E-state index < -0.39 is 10.0 Å². The molecule has 1 amide bonds. The van der Waals surface area contributed by atoms with Crippen LogP contribution in [0.25, 0.3) is 0 Å². The van der Waals surface area contributed by atoms with Crippen LogP contribution in [0.1, 0.15) is 23.7 Å². The van der Waals surface area contributed by atoms with Crippen LogP contribution in [0, 0.1) is 0 Å². The zero-order chi connectivity index (χ0) is 15.0. The summed E-state index contributed by atoms with van der Waals surface area (Å²) in [7, 11) is -1.97. The quantitative estimate of drug-likeness (QED) is 0.636. The van der Waals surface area contributed by atoms with Crippen molar-refractivity contribution in [3.8, 4) is 0 Å². The summed E-state index contributed by atoms with van der Waals surface area (Å²) in [6, 6.07) is 1.60. The zero-order valence-electron chi connectivity index (χ0n) is 11.6. The van der Waals surface area contributed by atoms with Gasteiger partial charge in [-0.05, 0) is 19.5 Å². The number of nitrogens with one attached hydrogen (secondary N) is 3. The summed E-state index contributed by atoms with van der Waals surface area (Å²) in [5.74, 6) is -0.477. The third-order valence-corrected chi connectivity index (χ3v) is 3.96. The Kier molecular flexibility index (Phi) is 6.40. The second kappa shape index (κ2) is 7.81. The number of carbonyl (C=O) groups excluding carboxylic acids is 1. The van der Waals surface area contributed by atoms with Gasteiger partial charge in [0.15, 0.2) is 0 Å². The van der Waals surface area contributed by atoms with Gasteiger partial charge in [-0.25, -0.2) is 13.1 Å². The average Bonchev–Trinajstić information content (AvgIpc) is 2.45. The standard InChI is InChI=1S/C12H20N4O3S/c1-3-5-15-11-9-14-6-4-10(11)12(17)16-7-8-20(18,19)13-2/h4,6,9,13,15H,3,5,7-8H2,1-2H3,(H,16,17). The lowest BCUT2D eigenvalue weighted by atomic mass is 10.2. The second-order valence-electron chi connectivity index (χ2n) is 4.13.